The lowest BCUT2D eigenvalue weighted by molar-refractivity contribution is -0.148. The molecular formula is C14H27NO3. The zero-order valence-electron chi connectivity index (χ0n) is 11.8. The maximum absolute atomic E-state index is 11.1. The van der Waals surface area contributed by atoms with Gasteiger partial charge in [0, 0.05) is 12.6 Å². The molecule has 1 rings (SSSR count). The summed E-state index contributed by atoms with van der Waals surface area (Å²) in [5, 5.41) is 0. The van der Waals surface area contributed by atoms with Crippen LogP contribution in [0.1, 0.15) is 46.0 Å². The molecule has 0 atom stereocenters. The standard InChI is InChI=1S/C14H27NO3/c1-3-15(13-8-6-5-7-9-13)10-11-17-12-14(16)18-4-2/h13H,3-12H2,1-2H3. The third-order valence-electron chi connectivity index (χ3n) is 3.55. The molecule has 0 aromatic rings. The molecule has 0 spiro atoms. The number of carbonyl (C=O) groups excluding carboxylic acids is 1. The van der Waals surface area contributed by atoms with Crippen molar-refractivity contribution in [3.05, 3.63) is 0 Å². The highest BCUT2D eigenvalue weighted by molar-refractivity contribution is 5.70. The molecule has 0 aromatic heterocycles. The maximum Gasteiger partial charge on any atom is 0.332 e. The van der Waals surface area contributed by atoms with Crippen LogP contribution in [0.25, 0.3) is 0 Å². The highest BCUT2D eigenvalue weighted by atomic mass is 16.6. The Kier molecular flexibility index (Phi) is 8.01. The third-order valence-corrected chi connectivity index (χ3v) is 3.55. The van der Waals surface area contributed by atoms with Crippen molar-refractivity contribution in [3.63, 3.8) is 0 Å². The summed E-state index contributed by atoms with van der Waals surface area (Å²) in [6, 6.07) is 0.718. The number of hydrogen-bond donors (Lipinski definition) is 0. The second-order valence-electron chi connectivity index (χ2n) is 4.78. The van der Waals surface area contributed by atoms with E-state index in [4.69, 9.17) is 9.47 Å². The van der Waals surface area contributed by atoms with Crippen molar-refractivity contribution in [1.29, 1.82) is 0 Å². The number of carbonyl (C=O) groups is 1. The number of rotatable bonds is 8. The van der Waals surface area contributed by atoms with Crippen LogP contribution >= 0.6 is 0 Å². The van der Waals surface area contributed by atoms with Gasteiger partial charge in [-0.3, -0.25) is 4.90 Å². The smallest absolute Gasteiger partial charge is 0.332 e. The van der Waals surface area contributed by atoms with Crippen LogP contribution in [-0.4, -0.2) is 49.8 Å². The highest BCUT2D eigenvalue weighted by Crippen LogP contribution is 2.22. The van der Waals surface area contributed by atoms with Crippen molar-refractivity contribution in [2.45, 2.75) is 52.0 Å². The minimum atomic E-state index is -0.266. The Morgan fingerprint density at radius 3 is 2.56 bits per heavy atom. The molecule has 1 aliphatic rings. The zero-order chi connectivity index (χ0) is 13.2. The summed E-state index contributed by atoms with van der Waals surface area (Å²) < 4.78 is 10.2. The Morgan fingerprint density at radius 1 is 1.22 bits per heavy atom. The first-order chi connectivity index (χ1) is 8.77. The van der Waals surface area contributed by atoms with E-state index in [1.807, 2.05) is 0 Å². The summed E-state index contributed by atoms with van der Waals surface area (Å²) in [5.41, 5.74) is 0. The van der Waals surface area contributed by atoms with Gasteiger partial charge in [0.25, 0.3) is 0 Å². The molecule has 0 aliphatic heterocycles. The fourth-order valence-electron chi connectivity index (χ4n) is 2.59. The molecule has 0 aromatic carbocycles. The van der Waals surface area contributed by atoms with Gasteiger partial charge in [0.05, 0.1) is 13.2 Å². The first-order valence-electron chi connectivity index (χ1n) is 7.25. The molecule has 1 saturated carbocycles. The van der Waals surface area contributed by atoms with Crippen LogP contribution in [0.4, 0.5) is 0 Å². The van der Waals surface area contributed by atoms with E-state index in [1.54, 1.807) is 6.92 Å². The number of ether oxygens (including phenoxy) is 2. The number of nitrogens with zero attached hydrogens (tertiary/aromatic N) is 1. The van der Waals surface area contributed by atoms with Gasteiger partial charge < -0.3 is 9.47 Å². The van der Waals surface area contributed by atoms with Crippen molar-refractivity contribution < 1.29 is 14.3 Å². The van der Waals surface area contributed by atoms with E-state index >= 15 is 0 Å². The van der Waals surface area contributed by atoms with E-state index in [0.717, 1.165) is 19.1 Å². The van der Waals surface area contributed by atoms with Crippen molar-refractivity contribution >= 4 is 5.97 Å². The van der Waals surface area contributed by atoms with Crippen LogP contribution < -0.4 is 0 Å². The Labute approximate surface area is 111 Å². The van der Waals surface area contributed by atoms with Gasteiger partial charge in [-0.25, -0.2) is 4.79 Å². The Balaban J connectivity index is 2.13. The summed E-state index contributed by atoms with van der Waals surface area (Å²) in [6.07, 6.45) is 6.71. The fourth-order valence-corrected chi connectivity index (χ4v) is 2.59. The summed E-state index contributed by atoms with van der Waals surface area (Å²) in [6.45, 7) is 7.10. The lowest BCUT2D eigenvalue weighted by Crippen LogP contribution is -2.39. The molecule has 0 radical (unpaired) electrons. The second-order valence-corrected chi connectivity index (χ2v) is 4.78. The van der Waals surface area contributed by atoms with E-state index in [-0.39, 0.29) is 12.6 Å². The Morgan fingerprint density at radius 2 is 1.94 bits per heavy atom. The van der Waals surface area contributed by atoms with Crippen LogP contribution in [0.15, 0.2) is 0 Å². The zero-order valence-corrected chi connectivity index (χ0v) is 11.8. The van der Waals surface area contributed by atoms with E-state index in [2.05, 4.69) is 11.8 Å². The predicted octanol–water partition coefficient (Wildman–Crippen LogP) is 2.22. The lowest BCUT2D eigenvalue weighted by Gasteiger charge is -2.33. The Hall–Kier alpha value is -0.610. The Bertz CT molecular complexity index is 227. The van der Waals surface area contributed by atoms with Gasteiger partial charge in [-0.1, -0.05) is 26.2 Å². The van der Waals surface area contributed by atoms with E-state index in [1.165, 1.54) is 32.1 Å². The molecule has 0 unspecified atom stereocenters. The molecular weight excluding hydrogens is 230 g/mol. The molecule has 0 saturated heterocycles. The van der Waals surface area contributed by atoms with Crippen molar-refractivity contribution in [2.24, 2.45) is 0 Å². The average Bonchev–Trinajstić information content (AvgIpc) is 2.40. The monoisotopic (exact) mass is 257 g/mol. The van der Waals surface area contributed by atoms with Crippen molar-refractivity contribution in [1.82, 2.24) is 4.90 Å². The summed E-state index contributed by atoms with van der Waals surface area (Å²) >= 11 is 0. The molecule has 0 N–H and O–H groups in total. The number of esters is 1. The molecule has 0 amide bonds. The molecule has 106 valence electrons. The molecule has 1 fully saturated rings. The minimum absolute atomic E-state index is 0.0794. The minimum Gasteiger partial charge on any atom is -0.464 e. The van der Waals surface area contributed by atoms with Crippen molar-refractivity contribution in [3.8, 4) is 0 Å². The van der Waals surface area contributed by atoms with Gasteiger partial charge in [-0.15, -0.1) is 0 Å². The van der Waals surface area contributed by atoms with Gasteiger partial charge in [0.1, 0.15) is 6.61 Å². The average molecular weight is 257 g/mol. The fraction of sp³-hybridized carbons (Fsp3) is 0.929. The molecule has 0 heterocycles. The first-order valence-corrected chi connectivity index (χ1v) is 7.25. The lowest BCUT2D eigenvalue weighted by atomic mass is 9.94. The van der Waals surface area contributed by atoms with Gasteiger partial charge in [0.2, 0.25) is 0 Å². The van der Waals surface area contributed by atoms with E-state index in [0.29, 0.717) is 13.2 Å². The van der Waals surface area contributed by atoms with Crippen LogP contribution in [-0.2, 0) is 14.3 Å². The normalized spacial score (nSPS) is 17.1. The van der Waals surface area contributed by atoms with Gasteiger partial charge in [-0.2, -0.15) is 0 Å². The summed E-state index contributed by atoms with van der Waals surface area (Å²) in [7, 11) is 0. The molecule has 1 aliphatic carbocycles. The maximum atomic E-state index is 11.1. The molecule has 4 heteroatoms. The quantitative estimate of drug-likeness (QED) is 0.494. The van der Waals surface area contributed by atoms with Crippen LogP contribution in [0.2, 0.25) is 0 Å². The number of likely N-dealkylation sites (N-methyl/N-ethyl adjacent to an activating group) is 1. The van der Waals surface area contributed by atoms with Crippen molar-refractivity contribution in [2.75, 3.05) is 32.9 Å². The van der Waals surface area contributed by atoms with E-state index in [9.17, 15) is 4.79 Å². The molecule has 4 nitrogen and oxygen atoms in total. The largest absolute Gasteiger partial charge is 0.464 e. The summed E-state index contributed by atoms with van der Waals surface area (Å²) in [4.78, 5) is 13.6. The molecule has 0 bridgehead atoms. The molecule has 18 heavy (non-hydrogen) atoms. The van der Waals surface area contributed by atoms with Gasteiger partial charge >= 0.3 is 5.97 Å². The van der Waals surface area contributed by atoms with Crippen LogP contribution in [0, 0.1) is 0 Å². The van der Waals surface area contributed by atoms with Gasteiger partial charge in [0.15, 0.2) is 0 Å². The van der Waals surface area contributed by atoms with Gasteiger partial charge in [-0.05, 0) is 26.3 Å². The predicted molar refractivity (Wildman–Crippen MR) is 71.6 cm³/mol. The number of hydrogen-bond acceptors (Lipinski definition) is 4. The van der Waals surface area contributed by atoms with Crippen LogP contribution in [0.3, 0.4) is 0 Å². The van der Waals surface area contributed by atoms with E-state index < -0.39 is 0 Å². The van der Waals surface area contributed by atoms with Crippen LogP contribution in [0.5, 0.6) is 0 Å². The SMILES string of the molecule is CCOC(=O)COCCN(CC)C1CCCCC1. The topological polar surface area (TPSA) is 38.8 Å². The first kappa shape index (κ1) is 15.4. The third kappa shape index (κ3) is 5.83. The second kappa shape index (κ2) is 9.34. The summed E-state index contributed by atoms with van der Waals surface area (Å²) in [5.74, 6) is -0.266. The highest BCUT2D eigenvalue weighted by Gasteiger charge is 2.19.